The molecule has 0 saturated heterocycles. The summed E-state index contributed by atoms with van der Waals surface area (Å²) in [5.74, 6) is 1.86. The third-order valence-corrected chi connectivity index (χ3v) is 4.16. The molecule has 2 heterocycles. The molecule has 5 nitrogen and oxygen atoms in total. The van der Waals surface area contributed by atoms with Gasteiger partial charge in [0.15, 0.2) is 0 Å². The first kappa shape index (κ1) is 18.9. The Kier molecular flexibility index (Phi) is 7.64. The smallest absolute Gasteiger partial charge is 0.125 e. The summed E-state index contributed by atoms with van der Waals surface area (Å²) < 4.78 is 5.97. The van der Waals surface area contributed by atoms with Gasteiger partial charge in [0.25, 0.3) is 0 Å². The van der Waals surface area contributed by atoms with Gasteiger partial charge in [0.1, 0.15) is 18.2 Å². The number of unbranched alkanes of at least 4 members (excludes halogenated alkanes) is 1. The van der Waals surface area contributed by atoms with Crippen LogP contribution in [0.5, 0.6) is 5.75 Å². The van der Waals surface area contributed by atoms with Crippen LogP contribution in [0.1, 0.15) is 24.0 Å². The van der Waals surface area contributed by atoms with Crippen molar-refractivity contribution in [1.29, 1.82) is 0 Å². The van der Waals surface area contributed by atoms with E-state index >= 15 is 0 Å². The van der Waals surface area contributed by atoms with E-state index in [9.17, 15) is 0 Å². The number of ether oxygens (including phenoxy) is 1. The normalized spacial score (nSPS) is 10.5. The van der Waals surface area contributed by atoms with Crippen molar-refractivity contribution in [2.75, 3.05) is 18.4 Å². The van der Waals surface area contributed by atoms with E-state index in [-0.39, 0.29) is 0 Å². The van der Waals surface area contributed by atoms with E-state index in [4.69, 9.17) is 4.74 Å². The third-order valence-electron chi connectivity index (χ3n) is 4.16. The number of anilines is 1. The van der Waals surface area contributed by atoms with Crippen molar-refractivity contribution in [2.24, 2.45) is 0 Å². The van der Waals surface area contributed by atoms with Gasteiger partial charge in [-0.3, -0.25) is 4.98 Å². The van der Waals surface area contributed by atoms with E-state index in [1.165, 1.54) is 5.56 Å². The quantitative estimate of drug-likeness (QED) is 0.504. The van der Waals surface area contributed by atoms with E-state index in [1.54, 1.807) is 12.4 Å². The second-order valence-electron chi connectivity index (χ2n) is 6.28. The van der Waals surface area contributed by atoms with Gasteiger partial charge in [-0.15, -0.1) is 0 Å². The molecule has 1 aromatic carbocycles. The maximum Gasteiger partial charge on any atom is 0.125 e. The maximum absolute atomic E-state index is 5.97. The second kappa shape index (κ2) is 10.9. The van der Waals surface area contributed by atoms with E-state index in [2.05, 4.69) is 26.7 Å². The van der Waals surface area contributed by atoms with Crippen LogP contribution in [0, 0.1) is 0 Å². The third kappa shape index (κ3) is 6.72. The summed E-state index contributed by atoms with van der Waals surface area (Å²) in [6.07, 6.45) is 7.62. The van der Waals surface area contributed by atoms with Gasteiger partial charge in [-0.1, -0.05) is 30.3 Å². The van der Waals surface area contributed by atoms with Crippen LogP contribution >= 0.6 is 0 Å². The molecule has 0 unspecified atom stereocenters. The number of rotatable bonds is 11. The number of benzene rings is 1. The number of hydrogen-bond acceptors (Lipinski definition) is 5. The lowest BCUT2D eigenvalue weighted by atomic mass is 10.2. The Morgan fingerprint density at radius 1 is 0.852 bits per heavy atom. The molecule has 0 atom stereocenters. The Hall–Kier alpha value is -2.92. The highest BCUT2D eigenvalue weighted by molar-refractivity contribution is 5.34. The van der Waals surface area contributed by atoms with E-state index in [0.29, 0.717) is 6.61 Å². The molecule has 0 amide bonds. The summed E-state index contributed by atoms with van der Waals surface area (Å²) in [7, 11) is 0. The van der Waals surface area contributed by atoms with Crippen LogP contribution in [-0.2, 0) is 13.2 Å². The van der Waals surface area contributed by atoms with Crippen molar-refractivity contribution in [3.63, 3.8) is 0 Å². The lowest BCUT2D eigenvalue weighted by Crippen LogP contribution is -2.16. The minimum atomic E-state index is 0.532. The monoisotopic (exact) mass is 362 g/mol. The summed E-state index contributed by atoms with van der Waals surface area (Å²) in [5.41, 5.74) is 2.24. The Bertz CT molecular complexity index is 781. The molecule has 140 valence electrons. The van der Waals surface area contributed by atoms with Gasteiger partial charge in [0.2, 0.25) is 0 Å². The average molecular weight is 362 g/mol. The van der Waals surface area contributed by atoms with Crippen molar-refractivity contribution in [3.05, 3.63) is 84.3 Å². The largest absolute Gasteiger partial charge is 0.489 e. The van der Waals surface area contributed by atoms with Gasteiger partial charge in [0, 0.05) is 42.8 Å². The van der Waals surface area contributed by atoms with Crippen molar-refractivity contribution in [2.45, 2.75) is 26.0 Å². The Morgan fingerprint density at radius 3 is 2.59 bits per heavy atom. The summed E-state index contributed by atoms with van der Waals surface area (Å²) in [6.45, 7) is 3.24. The fraction of sp³-hybridized carbons (Fsp3) is 0.273. The van der Waals surface area contributed by atoms with Crippen LogP contribution in [0.15, 0.2) is 73.2 Å². The molecule has 0 aliphatic carbocycles. The summed E-state index contributed by atoms with van der Waals surface area (Å²) in [6, 6.07) is 18.0. The maximum atomic E-state index is 5.97. The topological polar surface area (TPSA) is 59.1 Å². The number of hydrogen-bond donors (Lipinski definition) is 2. The lowest BCUT2D eigenvalue weighted by molar-refractivity contribution is 0.301. The molecule has 5 heteroatoms. The highest BCUT2D eigenvalue weighted by Gasteiger charge is 2.03. The van der Waals surface area contributed by atoms with Crippen LogP contribution in [-0.4, -0.2) is 23.1 Å². The molecule has 0 spiro atoms. The number of nitrogens with one attached hydrogen (secondary N) is 2. The highest BCUT2D eigenvalue weighted by atomic mass is 16.5. The minimum absolute atomic E-state index is 0.532. The average Bonchev–Trinajstić information content (AvgIpc) is 2.74. The van der Waals surface area contributed by atoms with Crippen molar-refractivity contribution >= 4 is 5.82 Å². The van der Waals surface area contributed by atoms with Crippen LogP contribution in [0.25, 0.3) is 0 Å². The van der Waals surface area contributed by atoms with E-state index in [0.717, 1.165) is 49.6 Å². The van der Waals surface area contributed by atoms with Gasteiger partial charge in [-0.2, -0.15) is 0 Å². The molecule has 0 bridgehead atoms. The standard InChI is InChI=1S/C22H26N4O/c1-2-10-21(27-18-19-8-7-13-23-16-19)20(9-1)17-24-12-5-6-15-26-22-11-3-4-14-25-22/h1-4,7-11,13-14,16,24H,5-6,12,15,17-18H2,(H,25,26). The van der Waals surface area contributed by atoms with Crippen LogP contribution in [0.3, 0.4) is 0 Å². The molecule has 0 fully saturated rings. The van der Waals surface area contributed by atoms with Crippen molar-refractivity contribution < 1.29 is 4.74 Å². The van der Waals surface area contributed by atoms with E-state index < -0.39 is 0 Å². The van der Waals surface area contributed by atoms with Crippen LogP contribution in [0.4, 0.5) is 5.82 Å². The van der Waals surface area contributed by atoms with Gasteiger partial charge in [0.05, 0.1) is 0 Å². The first-order chi connectivity index (χ1) is 13.4. The molecule has 0 saturated carbocycles. The number of para-hydroxylation sites is 1. The van der Waals surface area contributed by atoms with Crippen LogP contribution in [0.2, 0.25) is 0 Å². The lowest BCUT2D eigenvalue weighted by Gasteiger charge is -2.12. The van der Waals surface area contributed by atoms with Gasteiger partial charge < -0.3 is 15.4 Å². The molecule has 27 heavy (non-hydrogen) atoms. The fourth-order valence-electron chi connectivity index (χ4n) is 2.72. The summed E-state index contributed by atoms with van der Waals surface area (Å²) in [5, 5.41) is 6.83. The molecule has 0 aliphatic rings. The van der Waals surface area contributed by atoms with Gasteiger partial charge in [-0.05, 0) is 43.7 Å². The minimum Gasteiger partial charge on any atom is -0.489 e. The first-order valence-corrected chi connectivity index (χ1v) is 9.37. The molecule has 3 aromatic rings. The molecule has 2 aromatic heterocycles. The molecule has 3 rings (SSSR count). The summed E-state index contributed by atoms with van der Waals surface area (Å²) in [4.78, 5) is 8.38. The Balaban J connectivity index is 1.34. The molecular weight excluding hydrogens is 336 g/mol. The highest BCUT2D eigenvalue weighted by Crippen LogP contribution is 2.19. The SMILES string of the molecule is c1ccc(NCCCCNCc2ccccc2OCc2cccnc2)nc1. The molecule has 2 N–H and O–H groups in total. The van der Waals surface area contributed by atoms with Gasteiger partial charge in [-0.25, -0.2) is 4.98 Å². The zero-order valence-corrected chi connectivity index (χ0v) is 15.5. The molecule has 0 radical (unpaired) electrons. The van der Waals surface area contributed by atoms with E-state index in [1.807, 2.05) is 54.7 Å². The number of pyridine rings is 2. The van der Waals surface area contributed by atoms with Gasteiger partial charge >= 0.3 is 0 Å². The second-order valence-corrected chi connectivity index (χ2v) is 6.28. The number of aromatic nitrogens is 2. The Labute approximate surface area is 160 Å². The predicted octanol–water partition coefficient (Wildman–Crippen LogP) is 4.04. The molecular formula is C22H26N4O. The first-order valence-electron chi connectivity index (χ1n) is 9.37. The molecule has 0 aliphatic heterocycles. The van der Waals surface area contributed by atoms with Crippen molar-refractivity contribution in [1.82, 2.24) is 15.3 Å². The number of nitrogens with zero attached hydrogens (tertiary/aromatic N) is 2. The van der Waals surface area contributed by atoms with Crippen molar-refractivity contribution in [3.8, 4) is 5.75 Å². The Morgan fingerprint density at radius 2 is 1.74 bits per heavy atom. The summed E-state index contributed by atoms with van der Waals surface area (Å²) >= 11 is 0. The zero-order chi connectivity index (χ0) is 18.6. The predicted molar refractivity (Wildman–Crippen MR) is 109 cm³/mol. The zero-order valence-electron chi connectivity index (χ0n) is 15.5. The fourth-order valence-corrected chi connectivity index (χ4v) is 2.72. The van der Waals surface area contributed by atoms with Crippen LogP contribution < -0.4 is 15.4 Å².